The average molecular weight is 269 g/mol. The topological polar surface area (TPSA) is 58.4 Å². The standard InChI is InChI=1S/C15H31N3O/c1-5-14(6-2,11-16)13(19)17-12-15(18(3)4)9-7-8-10-15/h5-12,16H2,1-4H3,(H,17,19). The lowest BCUT2D eigenvalue weighted by Gasteiger charge is -2.38. The summed E-state index contributed by atoms with van der Waals surface area (Å²) in [6.07, 6.45) is 6.49. The molecule has 4 heteroatoms. The first-order valence-corrected chi connectivity index (χ1v) is 7.62. The van der Waals surface area contributed by atoms with E-state index in [-0.39, 0.29) is 16.9 Å². The van der Waals surface area contributed by atoms with Gasteiger partial charge in [0.15, 0.2) is 0 Å². The molecule has 0 saturated heterocycles. The molecule has 0 atom stereocenters. The highest BCUT2D eigenvalue weighted by Crippen LogP contribution is 2.33. The van der Waals surface area contributed by atoms with E-state index in [1.165, 1.54) is 25.7 Å². The summed E-state index contributed by atoms with van der Waals surface area (Å²) in [6.45, 7) is 5.28. The van der Waals surface area contributed by atoms with E-state index in [0.29, 0.717) is 6.54 Å². The Morgan fingerprint density at radius 1 is 1.26 bits per heavy atom. The van der Waals surface area contributed by atoms with Crippen molar-refractivity contribution in [2.24, 2.45) is 11.1 Å². The summed E-state index contributed by atoms with van der Waals surface area (Å²) < 4.78 is 0. The zero-order valence-corrected chi connectivity index (χ0v) is 13.1. The van der Waals surface area contributed by atoms with Crippen LogP contribution in [0.3, 0.4) is 0 Å². The molecule has 1 aliphatic carbocycles. The number of amides is 1. The molecule has 112 valence electrons. The largest absolute Gasteiger partial charge is 0.354 e. The molecule has 1 amide bonds. The molecule has 0 spiro atoms. The van der Waals surface area contributed by atoms with Crippen molar-refractivity contribution < 1.29 is 4.79 Å². The third-order valence-electron chi connectivity index (χ3n) is 5.29. The van der Waals surface area contributed by atoms with Crippen LogP contribution in [-0.2, 0) is 4.79 Å². The normalized spacial score (nSPS) is 18.8. The molecule has 4 nitrogen and oxygen atoms in total. The lowest BCUT2D eigenvalue weighted by atomic mass is 9.81. The zero-order valence-electron chi connectivity index (χ0n) is 13.1. The van der Waals surface area contributed by atoms with Crippen LogP contribution in [0.1, 0.15) is 52.4 Å². The van der Waals surface area contributed by atoms with Gasteiger partial charge in [0.05, 0.1) is 5.41 Å². The van der Waals surface area contributed by atoms with Gasteiger partial charge >= 0.3 is 0 Å². The molecule has 1 saturated carbocycles. The van der Waals surface area contributed by atoms with Crippen LogP contribution in [0.2, 0.25) is 0 Å². The van der Waals surface area contributed by atoms with Crippen molar-refractivity contribution in [3.8, 4) is 0 Å². The van der Waals surface area contributed by atoms with E-state index in [1.54, 1.807) is 0 Å². The van der Waals surface area contributed by atoms with Crippen molar-refractivity contribution in [1.82, 2.24) is 10.2 Å². The minimum atomic E-state index is -0.383. The van der Waals surface area contributed by atoms with E-state index in [9.17, 15) is 4.79 Å². The predicted octanol–water partition coefficient (Wildman–Crippen LogP) is 1.74. The van der Waals surface area contributed by atoms with Crippen LogP contribution < -0.4 is 11.1 Å². The van der Waals surface area contributed by atoms with Gasteiger partial charge in [-0.05, 0) is 39.8 Å². The molecule has 0 unspecified atom stereocenters. The summed E-state index contributed by atoms with van der Waals surface area (Å²) in [6, 6.07) is 0. The highest BCUT2D eigenvalue weighted by molar-refractivity contribution is 5.82. The third-order valence-corrected chi connectivity index (χ3v) is 5.29. The predicted molar refractivity (Wildman–Crippen MR) is 80.0 cm³/mol. The second-order valence-corrected chi connectivity index (χ2v) is 6.20. The fourth-order valence-corrected chi connectivity index (χ4v) is 3.20. The molecule has 1 fully saturated rings. The molecule has 0 aromatic carbocycles. The summed E-state index contributed by atoms with van der Waals surface area (Å²) in [7, 11) is 4.24. The van der Waals surface area contributed by atoms with Gasteiger partial charge in [-0.3, -0.25) is 4.79 Å². The van der Waals surface area contributed by atoms with Gasteiger partial charge in [-0.15, -0.1) is 0 Å². The van der Waals surface area contributed by atoms with Crippen LogP contribution in [0.4, 0.5) is 0 Å². The smallest absolute Gasteiger partial charge is 0.227 e. The molecule has 19 heavy (non-hydrogen) atoms. The summed E-state index contributed by atoms with van der Waals surface area (Å²) in [5.41, 5.74) is 5.60. The molecule has 0 bridgehead atoms. The zero-order chi connectivity index (χ0) is 14.5. The maximum absolute atomic E-state index is 12.5. The van der Waals surface area contributed by atoms with Crippen molar-refractivity contribution in [2.75, 3.05) is 27.2 Å². The Kier molecular flexibility index (Phi) is 5.81. The maximum Gasteiger partial charge on any atom is 0.227 e. The number of likely N-dealkylation sites (N-methyl/N-ethyl adjacent to an activating group) is 1. The lowest BCUT2D eigenvalue weighted by Crippen LogP contribution is -2.54. The monoisotopic (exact) mass is 269 g/mol. The number of hydrogen-bond donors (Lipinski definition) is 2. The molecular weight excluding hydrogens is 238 g/mol. The van der Waals surface area contributed by atoms with Crippen LogP contribution in [0.15, 0.2) is 0 Å². The van der Waals surface area contributed by atoms with E-state index in [4.69, 9.17) is 5.73 Å². The Bertz CT molecular complexity index is 284. The molecule has 0 aliphatic heterocycles. The SMILES string of the molecule is CCC(CC)(CN)C(=O)NCC1(N(C)C)CCCC1. The molecule has 0 aromatic heterocycles. The van der Waals surface area contributed by atoms with Crippen molar-refractivity contribution in [3.05, 3.63) is 0 Å². The van der Waals surface area contributed by atoms with Crippen LogP contribution in [-0.4, -0.2) is 43.5 Å². The summed E-state index contributed by atoms with van der Waals surface area (Å²) >= 11 is 0. The molecule has 1 rings (SSSR count). The second kappa shape index (κ2) is 6.71. The molecule has 0 aromatic rings. The van der Waals surface area contributed by atoms with Gasteiger partial charge in [0.25, 0.3) is 0 Å². The molecular formula is C15H31N3O. The van der Waals surface area contributed by atoms with E-state index >= 15 is 0 Å². The number of carbonyl (C=O) groups is 1. The second-order valence-electron chi connectivity index (χ2n) is 6.20. The van der Waals surface area contributed by atoms with Gasteiger partial charge in [-0.1, -0.05) is 26.7 Å². The van der Waals surface area contributed by atoms with Crippen LogP contribution in [0, 0.1) is 5.41 Å². The third kappa shape index (κ3) is 3.29. The molecule has 1 aliphatic rings. The highest BCUT2D eigenvalue weighted by Gasteiger charge is 2.39. The van der Waals surface area contributed by atoms with Gasteiger partial charge in [0, 0.05) is 18.6 Å². The van der Waals surface area contributed by atoms with Crippen molar-refractivity contribution >= 4 is 5.91 Å². The number of carbonyl (C=O) groups excluding carboxylic acids is 1. The van der Waals surface area contributed by atoms with E-state index in [2.05, 4.69) is 24.3 Å². The van der Waals surface area contributed by atoms with E-state index < -0.39 is 0 Å². The Morgan fingerprint density at radius 2 is 1.79 bits per heavy atom. The number of rotatable bonds is 7. The summed E-state index contributed by atoms with van der Waals surface area (Å²) in [5.74, 6) is 0.133. The van der Waals surface area contributed by atoms with Gasteiger partial charge in [0.1, 0.15) is 0 Å². The van der Waals surface area contributed by atoms with Crippen LogP contribution >= 0.6 is 0 Å². The van der Waals surface area contributed by atoms with Crippen molar-refractivity contribution in [3.63, 3.8) is 0 Å². The summed E-state index contributed by atoms with van der Waals surface area (Å²) in [4.78, 5) is 14.8. The Balaban J connectivity index is 2.67. The minimum Gasteiger partial charge on any atom is -0.354 e. The Hall–Kier alpha value is -0.610. The van der Waals surface area contributed by atoms with E-state index in [1.807, 2.05) is 13.8 Å². The first-order valence-electron chi connectivity index (χ1n) is 7.62. The lowest BCUT2D eigenvalue weighted by molar-refractivity contribution is -0.131. The van der Waals surface area contributed by atoms with Gasteiger partial charge in [0.2, 0.25) is 5.91 Å². The first kappa shape index (κ1) is 16.4. The number of nitrogens with zero attached hydrogens (tertiary/aromatic N) is 1. The fraction of sp³-hybridized carbons (Fsp3) is 0.933. The fourth-order valence-electron chi connectivity index (χ4n) is 3.20. The minimum absolute atomic E-state index is 0.133. The number of nitrogens with two attached hydrogens (primary N) is 1. The number of hydrogen-bond acceptors (Lipinski definition) is 3. The Morgan fingerprint density at radius 3 is 2.16 bits per heavy atom. The maximum atomic E-state index is 12.5. The molecule has 3 N–H and O–H groups in total. The van der Waals surface area contributed by atoms with Gasteiger partial charge in [-0.25, -0.2) is 0 Å². The molecule has 0 heterocycles. The first-order chi connectivity index (χ1) is 8.96. The van der Waals surface area contributed by atoms with Crippen molar-refractivity contribution in [2.45, 2.75) is 57.9 Å². The summed E-state index contributed by atoms with van der Waals surface area (Å²) in [5, 5.41) is 3.18. The van der Waals surface area contributed by atoms with Crippen LogP contribution in [0.25, 0.3) is 0 Å². The van der Waals surface area contributed by atoms with E-state index in [0.717, 1.165) is 19.4 Å². The van der Waals surface area contributed by atoms with Crippen LogP contribution in [0.5, 0.6) is 0 Å². The highest BCUT2D eigenvalue weighted by atomic mass is 16.2. The number of nitrogens with one attached hydrogen (secondary N) is 1. The Labute approximate surface area is 118 Å². The van der Waals surface area contributed by atoms with Crippen molar-refractivity contribution in [1.29, 1.82) is 0 Å². The molecule has 0 radical (unpaired) electrons. The van der Waals surface area contributed by atoms with Gasteiger partial charge < -0.3 is 16.0 Å². The van der Waals surface area contributed by atoms with Gasteiger partial charge in [-0.2, -0.15) is 0 Å². The quantitative estimate of drug-likeness (QED) is 0.740. The average Bonchev–Trinajstić information content (AvgIpc) is 2.89.